The van der Waals surface area contributed by atoms with Crippen LogP contribution >= 0.6 is 0 Å². The Labute approximate surface area is 293 Å². The second kappa shape index (κ2) is 13.8. The van der Waals surface area contributed by atoms with Gasteiger partial charge in [0, 0.05) is 0 Å². The van der Waals surface area contributed by atoms with E-state index in [1.54, 1.807) is 12.1 Å². The van der Waals surface area contributed by atoms with Crippen molar-refractivity contribution in [2.75, 3.05) is 0 Å². The number of carbonyl (C=O) groups is 2. The molecule has 50 heavy (non-hydrogen) atoms. The molecule has 0 aliphatic carbocycles. The van der Waals surface area contributed by atoms with Crippen LogP contribution in [0.1, 0.15) is 20.7 Å². The normalized spacial score (nSPS) is 11.5. The number of hydrogen-bond acceptors (Lipinski definition) is 2. The van der Waals surface area contributed by atoms with Crippen LogP contribution in [0.5, 0.6) is 0 Å². The smallest absolute Gasteiger partial charge is 0.335 e. The lowest BCUT2D eigenvalue weighted by Crippen LogP contribution is -2.78. The van der Waals surface area contributed by atoms with E-state index in [2.05, 4.69) is 0 Å². The molecule has 0 bridgehead atoms. The molecule has 242 valence electrons. The van der Waals surface area contributed by atoms with E-state index in [9.17, 15) is 19.8 Å². The molecule has 0 amide bonds. The van der Waals surface area contributed by atoms with Gasteiger partial charge in [-0.3, -0.25) is 0 Å². The summed E-state index contributed by atoms with van der Waals surface area (Å²) in [7, 11) is -6.87. The molecule has 7 aromatic carbocycles. The summed E-state index contributed by atoms with van der Waals surface area (Å²) in [4.78, 5) is 27.6. The average molecular weight is 683 g/mol. The summed E-state index contributed by atoms with van der Waals surface area (Å²) in [5, 5.41) is 29.4. The van der Waals surface area contributed by atoms with E-state index in [-0.39, 0.29) is 11.1 Å². The minimum Gasteiger partial charge on any atom is -0.478 e. The van der Waals surface area contributed by atoms with Gasteiger partial charge in [-0.15, -0.1) is 0 Å². The predicted octanol–water partition coefficient (Wildman–Crippen LogP) is 3.84. The van der Waals surface area contributed by atoms with Gasteiger partial charge in [-0.05, 0) is 53.6 Å². The van der Waals surface area contributed by atoms with Crippen LogP contribution in [0.15, 0.2) is 194 Å². The molecule has 0 spiro atoms. The molecule has 7 aromatic rings. The fraction of sp³-hybridized carbons (Fsp3) is 0. The summed E-state index contributed by atoms with van der Waals surface area (Å²) < 4.78 is 0. The zero-order chi connectivity index (χ0) is 34.6. The van der Waals surface area contributed by atoms with Gasteiger partial charge in [0.15, 0.2) is 16.1 Å². The van der Waals surface area contributed by atoms with Gasteiger partial charge in [0.05, 0.1) is 11.1 Å². The topological polar surface area (TPSA) is 74.6 Å². The number of hydrogen-bond donors (Lipinski definition) is 2. The molecule has 0 saturated carbocycles. The van der Waals surface area contributed by atoms with Crippen molar-refractivity contribution in [3.63, 3.8) is 0 Å². The SMILES string of the molecule is O=C(O)c1cc([Si](c2ccccc2)(c2ccccc2)c2ccccc2)c(C(=O)O)cc1[Si](c1ccccc1)(c1ccccc1)c1ccccc1. The van der Waals surface area contributed by atoms with Gasteiger partial charge < -0.3 is 10.2 Å². The first-order chi connectivity index (χ1) is 24.5. The van der Waals surface area contributed by atoms with E-state index in [0.29, 0.717) is 10.4 Å². The van der Waals surface area contributed by atoms with Crippen LogP contribution in [0, 0.1) is 0 Å². The van der Waals surface area contributed by atoms with Crippen LogP contribution in [-0.4, -0.2) is 38.3 Å². The third kappa shape index (κ3) is 5.41. The van der Waals surface area contributed by atoms with Crippen LogP contribution in [0.2, 0.25) is 0 Å². The minimum atomic E-state index is -3.43. The van der Waals surface area contributed by atoms with Gasteiger partial charge in [0.2, 0.25) is 0 Å². The molecular formula is C44H34O4Si2. The Balaban J connectivity index is 1.70. The summed E-state index contributed by atoms with van der Waals surface area (Å²) in [5.41, 5.74) is 0.209. The summed E-state index contributed by atoms with van der Waals surface area (Å²) in [5.74, 6) is -2.20. The van der Waals surface area contributed by atoms with Gasteiger partial charge >= 0.3 is 11.9 Å². The van der Waals surface area contributed by atoms with E-state index in [4.69, 9.17) is 0 Å². The number of benzene rings is 7. The van der Waals surface area contributed by atoms with Crippen LogP contribution in [0.4, 0.5) is 0 Å². The Morgan fingerprint density at radius 3 is 0.660 bits per heavy atom. The molecule has 0 aliphatic rings. The van der Waals surface area contributed by atoms with Crippen molar-refractivity contribution in [3.8, 4) is 0 Å². The average Bonchev–Trinajstić information content (AvgIpc) is 3.18. The maximum Gasteiger partial charge on any atom is 0.335 e. The first-order valence-electron chi connectivity index (χ1n) is 16.5. The van der Waals surface area contributed by atoms with Crippen molar-refractivity contribution in [1.82, 2.24) is 0 Å². The number of aromatic carboxylic acids is 2. The summed E-state index contributed by atoms with van der Waals surface area (Å²) in [6.45, 7) is 0. The molecule has 6 heteroatoms. The highest BCUT2D eigenvalue weighted by Crippen LogP contribution is 2.18. The molecule has 7 rings (SSSR count). The lowest BCUT2D eigenvalue weighted by molar-refractivity contribution is 0.0683. The maximum absolute atomic E-state index is 13.8. The molecule has 2 N–H and O–H groups in total. The van der Waals surface area contributed by atoms with Gasteiger partial charge in [-0.2, -0.15) is 0 Å². The summed E-state index contributed by atoms with van der Waals surface area (Å²) in [6.07, 6.45) is 0. The molecule has 0 aliphatic heterocycles. The molecule has 4 nitrogen and oxygen atoms in total. The van der Waals surface area contributed by atoms with Crippen LogP contribution in [-0.2, 0) is 0 Å². The Morgan fingerprint density at radius 2 is 0.500 bits per heavy atom. The highest BCUT2D eigenvalue weighted by Gasteiger charge is 2.48. The van der Waals surface area contributed by atoms with Gasteiger partial charge in [-0.25, -0.2) is 9.59 Å². The quantitative estimate of drug-likeness (QED) is 0.170. The van der Waals surface area contributed by atoms with Gasteiger partial charge in [0.1, 0.15) is 0 Å². The molecule has 0 fully saturated rings. The number of rotatable bonds is 10. The van der Waals surface area contributed by atoms with Crippen molar-refractivity contribution >= 4 is 69.6 Å². The molecular weight excluding hydrogens is 649 g/mol. The molecule has 0 unspecified atom stereocenters. The van der Waals surface area contributed by atoms with E-state index in [1.165, 1.54) is 0 Å². The van der Waals surface area contributed by atoms with E-state index in [1.807, 2.05) is 182 Å². The molecule has 0 radical (unpaired) electrons. The fourth-order valence-corrected chi connectivity index (χ4v) is 17.5. The zero-order valence-electron chi connectivity index (χ0n) is 27.2. The van der Waals surface area contributed by atoms with Crippen molar-refractivity contribution in [2.45, 2.75) is 0 Å². The molecule has 0 aromatic heterocycles. The minimum absolute atomic E-state index is 0.105. The third-order valence-electron chi connectivity index (χ3n) is 9.67. The second-order valence-corrected chi connectivity index (χ2v) is 19.8. The Morgan fingerprint density at radius 1 is 0.320 bits per heavy atom. The number of carboxylic acids is 2. The highest BCUT2D eigenvalue weighted by atomic mass is 28.3. The van der Waals surface area contributed by atoms with Crippen molar-refractivity contribution < 1.29 is 19.8 Å². The largest absolute Gasteiger partial charge is 0.478 e. The zero-order valence-corrected chi connectivity index (χ0v) is 29.2. The molecule has 0 atom stereocenters. The fourth-order valence-electron chi connectivity index (χ4n) is 7.64. The van der Waals surface area contributed by atoms with Crippen LogP contribution in [0.25, 0.3) is 0 Å². The van der Waals surface area contributed by atoms with E-state index >= 15 is 0 Å². The van der Waals surface area contributed by atoms with Crippen molar-refractivity contribution in [2.24, 2.45) is 0 Å². The van der Waals surface area contributed by atoms with Crippen LogP contribution < -0.4 is 41.5 Å². The Bertz CT molecular complexity index is 1890. The van der Waals surface area contributed by atoms with Crippen molar-refractivity contribution in [3.05, 3.63) is 205 Å². The predicted molar refractivity (Wildman–Crippen MR) is 208 cm³/mol. The third-order valence-corrected chi connectivity index (χ3v) is 19.3. The Kier molecular flexibility index (Phi) is 8.96. The van der Waals surface area contributed by atoms with E-state index < -0.39 is 28.1 Å². The maximum atomic E-state index is 13.8. The van der Waals surface area contributed by atoms with E-state index in [0.717, 1.165) is 31.1 Å². The summed E-state index contributed by atoms with van der Waals surface area (Å²) >= 11 is 0. The lowest BCUT2D eigenvalue weighted by Gasteiger charge is -2.38. The molecule has 0 saturated heterocycles. The second-order valence-electron chi connectivity index (χ2n) is 12.2. The highest BCUT2D eigenvalue weighted by molar-refractivity contribution is 7.21. The standard InChI is InChI=1S/C44H34O4Si2/c45-43(46)39-32-42(50(36-25-13-4-14-26-36,37-27-15-5-16-28-37)38-29-17-6-18-30-38)40(44(47)48)31-41(39)49(33-19-7-1-8-20-33,34-21-9-2-10-22-34)35-23-11-3-12-24-35/h1-32H,(H,45,46)(H,47,48). The summed E-state index contributed by atoms with van der Waals surface area (Å²) in [6, 6.07) is 63.2. The monoisotopic (exact) mass is 682 g/mol. The lowest BCUT2D eigenvalue weighted by atomic mass is 10.1. The first kappa shape index (κ1) is 32.5. The van der Waals surface area contributed by atoms with Crippen molar-refractivity contribution in [1.29, 1.82) is 0 Å². The first-order valence-corrected chi connectivity index (χ1v) is 20.5. The van der Waals surface area contributed by atoms with Crippen LogP contribution in [0.3, 0.4) is 0 Å². The van der Waals surface area contributed by atoms with Gasteiger partial charge in [0.25, 0.3) is 0 Å². The van der Waals surface area contributed by atoms with Gasteiger partial charge in [-0.1, -0.05) is 182 Å². The Hall–Kier alpha value is -6.09. The molecule has 0 heterocycles. The number of carboxylic acid groups (broad SMARTS) is 2.